The zero-order chi connectivity index (χ0) is 18.0. The molecule has 0 spiro atoms. The Morgan fingerprint density at radius 3 is 2.76 bits per heavy atom. The lowest BCUT2D eigenvalue weighted by molar-refractivity contribution is -0.136. The van der Waals surface area contributed by atoms with Crippen molar-refractivity contribution in [2.45, 2.75) is 32.6 Å². The van der Waals surface area contributed by atoms with E-state index in [1.807, 2.05) is 38.1 Å². The van der Waals surface area contributed by atoms with Crippen molar-refractivity contribution >= 4 is 11.8 Å². The van der Waals surface area contributed by atoms with Gasteiger partial charge in [-0.3, -0.25) is 4.79 Å². The number of hydrogen-bond acceptors (Lipinski definition) is 5. The van der Waals surface area contributed by atoms with Crippen LogP contribution in [0, 0.1) is 5.92 Å². The highest BCUT2D eigenvalue weighted by Crippen LogP contribution is 2.46. The molecule has 5 heteroatoms. The van der Waals surface area contributed by atoms with E-state index >= 15 is 0 Å². The number of benzene rings is 1. The first-order valence-electron chi connectivity index (χ1n) is 8.59. The van der Waals surface area contributed by atoms with Crippen molar-refractivity contribution in [1.82, 2.24) is 5.32 Å². The lowest BCUT2D eigenvalue weighted by atomic mass is 9.71. The van der Waals surface area contributed by atoms with E-state index in [-0.39, 0.29) is 5.78 Å². The fourth-order valence-electron chi connectivity index (χ4n) is 3.75. The molecule has 0 saturated carbocycles. The maximum atomic E-state index is 12.7. The van der Waals surface area contributed by atoms with Crippen molar-refractivity contribution in [3.8, 4) is 5.75 Å². The maximum Gasteiger partial charge on any atom is 0.336 e. The zero-order valence-corrected chi connectivity index (χ0v) is 14.8. The van der Waals surface area contributed by atoms with Crippen LogP contribution in [0.15, 0.2) is 47.3 Å². The smallest absolute Gasteiger partial charge is 0.336 e. The minimum Gasteiger partial charge on any atom is -0.494 e. The largest absolute Gasteiger partial charge is 0.494 e. The van der Waals surface area contributed by atoms with Gasteiger partial charge in [-0.2, -0.15) is 0 Å². The molecular weight excluding hydrogens is 318 g/mol. The number of Topliss-reactive ketones (excluding diaryl/α,β-unsaturated/α-hetero) is 1. The molecule has 1 heterocycles. The second-order valence-corrected chi connectivity index (χ2v) is 6.25. The summed E-state index contributed by atoms with van der Waals surface area (Å²) >= 11 is 0. The molecule has 2 atom stereocenters. The van der Waals surface area contributed by atoms with Crippen molar-refractivity contribution in [3.63, 3.8) is 0 Å². The Hall–Kier alpha value is -2.56. The summed E-state index contributed by atoms with van der Waals surface area (Å²) in [4.78, 5) is 25.3. The molecule has 2 unspecified atom stereocenters. The minimum absolute atomic E-state index is 0.134. The summed E-state index contributed by atoms with van der Waals surface area (Å²) in [7, 11) is 1.36. The number of carbonyl (C=O) groups is 2. The van der Waals surface area contributed by atoms with Gasteiger partial charge in [0.15, 0.2) is 0 Å². The predicted molar refractivity (Wildman–Crippen MR) is 94.0 cm³/mol. The van der Waals surface area contributed by atoms with Gasteiger partial charge in [-0.1, -0.05) is 24.3 Å². The van der Waals surface area contributed by atoms with Crippen LogP contribution in [-0.2, 0) is 14.3 Å². The molecule has 25 heavy (non-hydrogen) atoms. The SMILES string of the molecule is CCOc1ccccc1C1C(C(=O)OC)=C(C)NC2=CCCC(=O)C21. The van der Waals surface area contributed by atoms with Crippen LogP contribution < -0.4 is 10.1 Å². The molecule has 2 aliphatic rings. The molecule has 132 valence electrons. The lowest BCUT2D eigenvalue weighted by Crippen LogP contribution is -2.40. The molecule has 1 aromatic carbocycles. The first-order chi connectivity index (χ1) is 12.1. The van der Waals surface area contributed by atoms with Gasteiger partial charge in [-0.25, -0.2) is 4.79 Å². The quantitative estimate of drug-likeness (QED) is 0.853. The van der Waals surface area contributed by atoms with Gasteiger partial charge in [0.25, 0.3) is 0 Å². The lowest BCUT2D eigenvalue weighted by Gasteiger charge is -2.38. The van der Waals surface area contributed by atoms with E-state index < -0.39 is 17.8 Å². The van der Waals surface area contributed by atoms with Crippen LogP contribution in [0.25, 0.3) is 0 Å². The number of allylic oxidation sites excluding steroid dienone is 3. The van der Waals surface area contributed by atoms with Gasteiger partial charge in [0.2, 0.25) is 0 Å². The summed E-state index contributed by atoms with van der Waals surface area (Å²) in [6.45, 7) is 4.27. The Bertz CT molecular complexity index is 763. The third kappa shape index (κ3) is 3.06. The highest BCUT2D eigenvalue weighted by atomic mass is 16.5. The van der Waals surface area contributed by atoms with Crippen molar-refractivity contribution in [2.75, 3.05) is 13.7 Å². The Labute approximate surface area is 147 Å². The van der Waals surface area contributed by atoms with Crippen LogP contribution in [-0.4, -0.2) is 25.5 Å². The Balaban J connectivity index is 2.21. The molecule has 1 N–H and O–H groups in total. The van der Waals surface area contributed by atoms with E-state index in [1.54, 1.807) is 0 Å². The Morgan fingerprint density at radius 1 is 1.28 bits per heavy atom. The van der Waals surface area contributed by atoms with Crippen LogP contribution in [0.2, 0.25) is 0 Å². The van der Waals surface area contributed by atoms with E-state index in [4.69, 9.17) is 9.47 Å². The summed E-state index contributed by atoms with van der Waals surface area (Å²) in [5.41, 5.74) is 2.93. The number of ketones is 1. The van der Waals surface area contributed by atoms with Crippen LogP contribution in [0.3, 0.4) is 0 Å². The van der Waals surface area contributed by atoms with Crippen LogP contribution in [0.1, 0.15) is 38.2 Å². The predicted octanol–water partition coefficient (Wildman–Crippen LogP) is 3.08. The Kier molecular flexibility index (Phi) is 4.93. The van der Waals surface area contributed by atoms with E-state index in [0.29, 0.717) is 24.4 Å². The summed E-state index contributed by atoms with van der Waals surface area (Å²) in [5, 5.41) is 3.24. The van der Waals surface area contributed by atoms with Crippen molar-refractivity contribution in [1.29, 1.82) is 0 Å². The fraction of sp³-hybridized carbons (Fsp3) is 0.400. The molecule has 0 radical (unpaired) electrons. The number of para-hydroxylation sites is 1. The monoisotopic (exact) mass is 341 g/mol. The molecule has 1 aliphatic carbocycles. The Morgan fingerprint density at radius 2 is 2.04 bits per heavy atom. The molecule has 1 aliphatic heterocycles. The van der Waals surface area contributed by atoms with E-state index in [2.05, 4.69) is 11.4 Å². The summed E-state index contributed by atoms with van der Waals surface area (Å²) in [6, 6.07) is 7.60. The van der Waals surface area contributed by atoms with E-state index in [1.165, 1.54) is 7.11 Å². The second kappa shape index (κ2) is 7.13. The summed E-state index contributed by atoms with van der Waals surface area (Å²) in [5.74, 6) is -0.401. The van der Waals surface area contributed by atoms with Gasteiger partial charge in [0, 0.05) is 29.3 Å². The van der Waals surface area contributed by atoms with E-state index in [0.717, 1.165) is 23.4 Å². The van der Waals surface area contributed by atoms with Crippen LogP contribution >= 0.6 is 0 Å². The highest BCUT2D eigenvalue weighted by molar-refractivity contribution is 5.96. The van der Waals surface area contributed by atoms with Gasteiger partial charge >= 0.3 is 5.97 Å². The molecule has 0 aromatic heterocycles. The minimum atomic E-state index is -0.418. The number of carbonyl (C=O) groups excluding carboxylic acids is 2. The van der Waals surface area contributed by atoms with Crippen molar-refractivity contribution in [2.24, 2.45) is 5.92 Å². The zero-order valence-electron chi connectivity index (χ0n) is 14.8. The van der Waals surface area contributed by atoms with Gasteiger partial charge < -0.3 is 14.8 Å². The number of fused-ring (bicyclic) bond motifs is 1. The molecule has 0 fully saturated rings. The topological polar surface area (TPSA) is 64.6 Å². The van der Waals surface area contributed by atoms with Crippen molar-refractivity contribution in [3.05, 3.63) is 52.9 Å². The molecule has 5 nitrogen and oxygen atoms in total. The van der Waals surface area contributed by atoms with Gasteiger partial charge in [0.1, 0.15) is 11.5 Å². The average molecular weight is 341 g/mol. The molecule has 0 amide bonds. The number of ether oxygens (including phenoxy) is 2. The number of rotatable bonds is 4. The third-order valence-electron chi connectivity index (χ3n) is 4.78. The van der Waals surface area contributed by atoms with Gasteiger partial charge in [0.05, 0.1) is 25.2 Å². The number of esters is 1. The van der Waals surface area contributed by atoms with Crippen molar-refractivity contribution < 1.29 is 19.1 Å². The van der Waals surface area contributed by atoms with E-state index in [9.17, 15) is 9.59 Å². The molecule has 0 bridgehead atoms. The summed E-state index contributed by atoms with van der Waals surface area (Å²) < 4.78 is 10.8. The average Bonchev–Trinajstić information content (AvgIpc) is 2.61. The highest BCUT2D eigenvalue weighted by Gasteiger charge is 2.44. The first kappa shape index (κ1) is 17.3. The molecular formula is C20H23NO4. The van der Waals surface area contributed by atoms with Crippen LogP contribution in [0.4, 0.5) is 0 Å². The standard InChI is InChI=1S/C20H23NO4/c1-4-25-16-11-6-5-8-13(16)18-17(20(23)24-3)12(2)21-14-9-7-10-15(22)19(14)18/h5-6,8-9,11,18-19,21H,4,7,10H2,1-3H3. The third-order valence-corrected chi connectivity index (χ3v) is 4.78. The summed E-state index contributed by atoms with van der Waals surface area (Å²) in [6.07, 6.45) is 3.26. The molecule has 3 rings (SSSR count). The number of nitrogens with one attached hydrogen (secondary N) is 1. The van der Waals surface area contributed by atoms with Gasteiger partial charge in [-0.05, 0) is 26.3 Å². The number of methoxy groups -OCH3 is 1. The first-order valence-corrected chi connectivity index (χ1v) is 8.59. The molecule has 0 saturated heterocycles. The molecule has 1 aromatic rings. The van der Waals surface area contributed by atoms with Crippen LogP contribution in [0.5, 0.6) is 5.75 Å². The van der Waals surface area contributed by atoms with Gasteiger partial charge in [-0.15, -0.1) is 0 Å². The fourth-order valence-corrected chi connectivity index (χ4v) is 3.75. The second-order valence-electron chi connectivity index (χ2n) is 6.25. The normalized spacial score (nSPS) is 22.7. The number of hydrogen-bond donors (Lipinski definition) is 1. The maximum absolute atomic E-state index is 12.7.